The molecule has 0 atom stereocenters. The lowest BCUT2D eigenvalue weighted by Crippen LogP contribution is -2.22. The molecule has 27 heavy (non-hydrogen) atoms. The lowest BCUT2D eigenvalue weighted by Gasteiger charge is -2.11. The van der Waals surface area contributed by atoms with Gasteiger partial charge in [0.2, 0.25) is 0 Å². The molecule has 0 spiro atoms. The Bertz CT molecular complexity index is 926. The molecule has 0 aliphatic rings. The molecule has 2 aromatic carbocycles. The van der Waals surface area contributed by atoms with Gasteiger partial charge in [0.25, 0.3) is 5.91 Å². The average Bonchev–Trinajstić information content (AvgIpc) is 3.08. The number of carbonyl (C=O) groups excluding carboxylic acids is 1. The van der Waals surface area contributed by atoms with Crippen LogP contribution < -0.4 is 14.8 Å². The summed E-state index contributed by atoms with van der Waals surface area (Å²) in [5.41, 5.74) is 1.03. The van der Waals surface area contributed by atoms with Crippen LogP contribution in [0.2, 0.25) is 10.0 Å². The Labute approximate surface area is 166 Å². The first-order valence-corrected chi connectivity index (χ1v) is 8.83. The molecule has 3 aromatic rings. The second-order valence-corrected chi connectivity index (χ2v) is 6.48. The summed E-state index contributed by atoms with van der Waals surface area (Å²) in [6.07, 6.45) is 1.62. The number of anilines is 1. The molecule has 0 fully saturated rings. The van der Waals surface area contributed by atoms with E-state index in [0.29, 0.717) is 28.2 Å². The van der Waals surface area contributed by atoms with Crippen molar-refractivity contribution in [1.82, 2.24) is 9.78 Å². The molecule has 1 aromatic heterocycles. The normalized spacial score (nSPS) is 10.5. The zero-order chi connectivity index (χ0) is 19.2. The van der Waals surface area contributed by atoms with Gasteiger partial charge in [0.15, 0.2) is 6.61 Å². The molecular formula is C19H17Cl2N3O3. The molecular weight excluding hydrogens is 389 g/mol. The molecule has 0 radical (unpaired) electrons. The molecule has 1 amide bonds. The topological polar surface area (TPSA) is 65.4 Å². The fourth-order valence-corrected chi connectivity index (χ4v) is 2.85. The Morgan fingerprint density at radius 1 is 1.15 bits per heavy atom. The molecule has 3 rings (SSSR count). The van der Waals surface area contributed by atoms with Crippen LogP contribution in [0.1, 0.15) is 5.56 Å². The Balaban J connectivity index is 1.59. The van der Waals surface area contributed by atoms with Crippen molar-refractivity contribution < 1.29 is 14.3 Å². The van der Waals surface area contributed by atoms with Crippen LogP contribution in [0.15, 0.2) is 54.7 Å². The maximum absolute atomic E-state index is 12.2. The van der Waals surface area contributed by atoms with Gasteiger partial charge in [-0.2, -0.15) is 5.10 Å². The molecule has 0 unspecified atom stereocenters. The van der Waals surface area contributed by atoms with E-state index >= 15 is 0 Å². The van der Waals surface area contributed by atoms with E-state index in [1.807, 2.05) is 24.3 Å². The van der Waals surface area contributed by atoms with E-state index in [4.69, 9.17) is 32.7 Å². The molecule has 1 heterocycles. The largest absolute Gasteiger partial charge is 0.497 e. The zero-order valence-electron chi connectivity index (χ0n) is 14.5. The fraction of sp³-hybridized carbons (Fsp3) is 0.158. The van der Waals surface area contributed by atoms with Gasteiger partial charge in [-0.25, -0.2) is 4.68 Å². The predicted octanol–water partition coefficient (Wildman–Crippen LogP) is 4.26. The van der Waals surface area contributed by atoms with E-state index in [1.165, 1.54) is 0 Å². The minimum Gasteiger partial charge on any atom is -0.497 e. The standard InChI is InChI=1S/C19H17Cl2N3O3/c1-26-15-5-2-13(3-6-15)11-24-18(8-9-22-24)23-19(25)12-27-17-7-4-14(20)10-16(17)21/h2-10H,11-12H2,1H3,(H,23,25). The first-order chi connectivity index (χ1) is 13.0. The van der Waals surface area contributed by atoms with Crippen LogP contribution in [0.3, 0.4) is 0 Å². The highest BCUT2D eigenvalue weighted by atomic mass is 35.5. The maximum atomic E-state index is 12.2. The van der Waals surface area contributed by atoms with Gasteiger partial charge in [0.1, 0.15) is 17.3 Å². The van der Waals surface area contributed by atoms with Gasteiger partial charge in [-0.1, -0.05) is 35.3 Å². The lowest BCUT2D eigenvalue weighted by molar-refractivity contribution is -0.118. The third-order valence-electron chi connectivity index (χ3n) is 3.73. The molecule has 0 saturated heterocycles. The van der Waals surface area contributed by atoms with Crippen LogP contribution in [-0.4, -0.2) is 29.4 Å². The summed E-state index contributed by atoms with van der Waals surface area (Å²) in [6.45, 7) is 0.325. The van der Waals surface area contributed by atoms with E-state index in [0.717, 1.165) is 11.3 Å². The summed E-state index contributed by atoms with van der Waals surface area (Å²) in [7, 11) is 1.62. The van der Waals surface area contributed by atoms with Crippen molar-refractivity contribution in [1.29, 1.82) is 0 Å². The number of methoxy groups -OCH3 is 1. The number of hydrogen-bond acceptors (Lipinski definition) is 4. The SMILES string of the molecule is COc1ccc(Cn2nccc2NC(=O)COc2ccc(Cl)cc2Cl)cc1. The molecule has 8 heteroatoms. The van der Waals surface area contributed by atoms with Crippen LogP contribution in [0, 0.1) is 0 Å². The third kappa shape index (κ3) is 5.15. The van der Waals surface area contributed by atoms with E-state index < -0.39 is 0 Å². The minimum absolute atomic E-state index is 0.185. The van der Waals surface area contributed by atoms with Crippen molar-refractivity contribution in [3.8, 4) is 11.5 Å². The molecule has 0 saturated carbocycles. The highest BCUT2D eigenvalue weighted by Gasteiger charge is 2.10. The van der Waals surface area contributed by atoms with Crippen LogP contribution in [0.4, 0.5) is 5.82 Å². The van der Waals surface area contributed by atoms with Crippen LogP contribution >= 0.6 is 23.2 Å². The zero-order valence-corrected chi connectivity index (χ0v) is 16.0. The van der Waals surface area contributed by atoms with E-state index in [1.54, 1.807) is 42.3 Å². The number of nitrogens with one attached hydrogen (secondary N) is 1. The van der Waals surface area contributed by atoms with Gasteiger partial charge in [-0.15, -0.1) is 0 Å². The molecule has 6 nitrogen and oxygen atoms in total. The van der Waals surface area contributed by atoms with Crippen LogP contribution in [-0.2, 0) is 11.3 Å². The van der Waals surface area contributed by atoms with Gasteiger partial charge in [0, 0.05) is 11.1 Å². The second-order valence-electron chi connectivity index (χ2n) is 5.63. The van der Waals surface area contributed by atoms with Gasteiger partial charge in [-0.3, -0.25) is 4.79 Å². The Morgan fingerprint density at radius 2 is 1.93 bits per heavy atom. The smallest absolute Gasteiger partial charge is 0.263 e. The van der Waals surface area contributed by atoms with Crippen molar-refractivity contribution in [3.05, 3.63) is 70.3 Å². The number of ether oxygens (including phenoxy) is 2. The number of benzene rings is 2. The van der Waals surface area contributed by atoms with Crippen molar-refractivity contribution in [2.24, 2.45) is 0 Å². The number of rotatable bonds is 7. The quantitative estimate of drug-likeness (QED) is 0.637. The monoisotopic (exact) mass is 405 g/mol. The first kappa shape index (κ1) is 19.1. The predicted molar refractivity (Wildman–Crippen MR) is 105 cm³/mol. The average molecular weight is 406 g/mol. The molecule has 0 aliphatic carbocycles. The number of nitrogens with zero attached hydrogens (tertiary/aromatic N) is 2. The van der Waals surface area contributed by atoms with Crippen LogP contribution in [0.25, 0.3) is 0 Å². The number of halogens is 2. The van der Waals surface area contributed by atoms with Gasteiger partial charge in [0.05, 0.1) is 24.9 Å². The Morgan fingerprint density at radius 3 is 2.63 bits per heavy atom. The van der Waals surface area contributed by atoms with Gasteiger partial charge in [-0.05, 0) is 35.9 Å². The Kier molecular flexibility index (Phi) is 6.21. The summed E-state index contributed by atoms with van der Waals surface area (Å²) < 4.78 is 12.3. The summed E-state index contributed by atoms with van der Waals surface area (Å²) in [5.74, 6) is 1.42. The molecule has 0 aliphatic heterocycles. The fourth-order valence-electron chi connectivity index (χ4n) is 2.38. The second kappa shape index (κ2) is 8.79. The third-order valence-corrected chi connectivity index (χ3v) is 4.26. The van der Waals surface area contributed by atoms with E-state index in [2.05, 4.69) is 10.4 Å². The number of carbonyl (C=O) groups is 1. The maximum Gasteiger partial charge on any atom is 0.263 e. The lowest BCUT2D eigenvalue weighted by atomic mass is 10.2. The number of aromatic nitrogens is 2. The first-order valence-electron chi connectivity index (χ1n) is 8.07. The van der Waals surface area contributed by atoms with E-state index in [9.17, 15) is 4.79 Å². The summed E-state index contributed by atoms with van der Waals surface area (Å²) in [4.78, 5) is 12.2. The van der Waals surface area contributed by atoms with Gasteiger partial charge < -0.3 is 14.8 Å². The molecule has 0 bridgehead atoms. The van der Waals surface area contributed by atoms with Crippen molar-refractivity contribution in [2.75, 3.05) is 19.0 Å². The van der Waals surface area contributed by atoms with Crippen molar-refractivity contribution >= 4 is 34.9 Å². The number of hydrogen-bond donors (Lipinski definition) is 1. The van der Waals surface area contributed by atoms with Crippen molar-refractivity contribution in [2.45, 2.75) is 6.54 Å². The summed E-state index contributed by atoms with van der Waals surface area (Å²) in [6, 6.07) is 14.2. The highest BCUT2D eigenvalue weighted by molar-refractivity contribution is 6.35. The summed E-state index contributed by atoms with van der Waals surface area (Å²) in [5, 5.41) is 7.87. The summed E-state index contributed by atoms with van der Waals surface area (Å²) >= 11 is 11.9. The minimum atomic E-state index is -0.322. The Hall–Kier alpha value is -2.70. The van der Waals surface area contributed by atoms with E-state index in [-0.39, 0.29) is 12.5 Å². The van der Waals surface area contributed by atoms with Gasteiger partial charge >= 0.3 is 0 Å². The number of amides is 1. The molecule has 1 N–H and O–H groups in total. The highest BCUT2D eigenvalue weighted by Crippen LogP contribution is 2.27. The molecule has 140 valence electrons. The van der Waals surface area contributed by atoms with Crippen LogP contribution in [0.5, 0.6) is 11.5 Å². The van der Waals surface area contributed by atoms with Crippen molar-refractivity contribution in [3.63, 3.8) is 0 Å².